The summed E-state index contributed by atoms with van der Waals surface area (Å²) in [6, 6.07) is 7.13. The zero-order chi connectivity index (χ0) is 17.0. The van der Waals surface area contributed by atoms with Crippen molar-refractivity contribution in [3.05, 3.63) is 35.7 Å². The van der Waals surface area contributed by atoms with Crippen molar-refractivity contribution in [1.82, 2.24) is 15.5 Å². The number of hydrogen-bond acceptors (Lipinski definition) is 5. The number of nitrogens with zero attached hydrogens (tertiary/aromatic N) is 2. The van der Waals surface area contributed by atoms with Crippen LogP contribution in [-0.2, 0) is 0 Å². The minimum Gasteiger partial charge on any atom is -0.393 e. The van der Waals surface area contributed by atoms with Crippen molar-refractivity contribution in [2.45, 2.75) is 40.2 Å². The highest BCUT2D eigenvalue weighted by Crippen LogP contribution is 2.24. The molecule has 6 heteroatoms. The van der Waals surface area contributed by atoms with Gasteiger partial charge in [-0.2, -0.15) is 4.98 Å². The van der Waals surface area contributed by atoms with E-state index >= 15 is 0 Å². The zero-order valence-electron chi connectivity index (χ0n) is 14.0. The molecular weight excluding hydrogens is 294 g/mol. The topological polar surface area (TPSA) is 88.2 Å². The summed E-state index contributed by atoms with van der Waals surface area (Å²) in [4.78, 5) is 16.7. The van der Waals surface area contributed by atoms with Crippen LogP contribution in [0.1, 0.15) is 43.4 Å². The van der Waals surface area contributed by atoms with Crippen LogP contribution in [0.5, 0.6) is 0 Å². The highest BCUT2D eigenvalue weighted by atomic mass is 16.5. The number of carbonyl (C=O) groups excluding carboxylic acids is 1. The number of aromatic nitrogens is 2. The van der Waals surface area contributed by atoms with Gasteiger partial charge in [0.2, 0.25) is 0 Å². The number of carbonyl (C=O) groups is 1. The van der Waals surface area contributed by atoms with Crippen molar-refractivity contribution in [1.29, 1.82) is 0 Å². The largest absolute Gasteiger partial charge is 0.393 e. The number of aliphatic hydroxyl groups excluding tert-OH is 1. The monoisotopic (exact) mass is 317 g/mol. The van der Waals surface area contributed by atoms with Gasteiger partial charge in [-0.25, -0.2) is 0 Å². The summed E-state index contributed by atoms with van der Waals surface area (Å²) in [5.74, 6) is 0.653. The van der Waals surface area contributed by atoms with Gasteiger partial charge in [-0.05, 0) is 37.8 Å². The summed E-state index contributed by atoms with van der Waals surface area (Å²) in [6.45, 7) is 7.96. The smallest absolute Gasteiger partial charge is 0.258 e. The van der Waals surface area contributed by atoms with Crippen molar-refractivity contribution in [2.75, 3.05) is 6.54 Å². The van der Waals surface area contributed by atoms with Crippen LogP contribution in [0.3, 0.4) is 0 Å². The standard InChI is InChI=1S/C17H23N3O3/c1-11(21)9-17(3,4)10-18-15(22)13-7-5-6-8-14(13)16-19-12(2)20-23-16/h5-8,11,21H,9-10H2,1-4H3,(H,18,22). The molecule has 0 aliphatic carbocycles. The minimum absolute atomic E-state index is 0.195. The van der Waals surface area contributed by atoms with E-state index in [1.54, 1.807) is 32.0 Å². The van der Waals surface area contributed by atoms with E-state index in [1.807, 2.05) is 19.9 Å². The van der Waals surface area contributed by atoms with Gasteiger partial charge < -0.3 is 14.9 Å². The quantitative estimate of drug-likeness (QED) is 0.855. The van der Waals surface area contributed by atoms with Crippen LogP contribution in [0, 0.1) is 12.3 Å². The van der Waals surface area contributed by atoms with Gasteiger partial charge in [0, 0.05) is 6.54 Å². The van der Waals surface area contributed by atoms with Gasteiger partial charge in [-0.1, -0.05) is 31.1 Å². The molecule has 124 valence electrons. The SMILES string of the molecule is Cc1noc(-c2ccccc2C(=O)NCC(C)(C)CC(C)O)n1. The Morgan fingerprint density at radius 2 is 2.09 bits per heavy atom. The minimum atomic E-state index is -0.407. The van der Waals surface area contributed by atoms with E-state index in [-0.39, 0.29) is 11.3 Å². The van der Waals surface area contributed by atoms with E-state index in [1.165, 1.54) is 0 Å². The highest BCUT2D eigenvalue weighted by molar-refractivity contribution is 5.99. The molecule has 2 aromatic rings. The summed E-state index contributed by atoms with van der Waals surface area (Å²) in [6.07, 6.45) is 0.202. The molecule has 0 fully saturated rings. The highest BCUT2D eigenvalue weighted by Gasteiger charge is 2.23. The van der Waals surface area contributed by atoms with Gasteiger partial charge >= 0.3 is 0 Å². The Hall–Kier alpha value is -2.21. The predicted octanol–water partition coefficient (Wildman–Crippen LogP) is 2.57. The van der Waals surface area contributed by atoms with Crippen molar-refractivity contribution in [2.24, 2.45) is 5.41 Å². The van der Waals surface area contributed by atoms with Gasteiger partial charge in [0.05, 0.1) is 17.2 Å². The molecule has 0 aliphatic rings. The number of aryl methyl sites for hydroxylation is 1. The fraction of sp³-hybridized carbons (Fsp3) is 0.471. The predicted molar refractivity (Wildman–Crippen MR) is 86.9 cm³/mol. The Morgan fingerprint density at radius 3 is 2.70 bits per heavy atom. The summed E-state index contributed by atoms with van der Waals surface area (Å²) in [5.41, 5.74) is 0.905. The fourth-order valence-corrected chi connectivity index (χ4v) is 2.56. The van der Waals surface area contributed by atoms with E-state index in [0.717, 1.165) is 0 Å². The molecule has 0 saturated heterocycles. The Bertz CT molecular complexity index is 677. The lowest BCUT2D eigenvalue weighted by Gasteiger charge is -2.26. The number of amides is 1. The van der Waals surface area contributed by atoms with Gasteiger partial charge in [0.1, 0.15) is 0 Å². The maximum Gasteiger partial charge on any atom is 0.258 e. The average Bonchev–Trinajstić information content (AvgIpc) is 2.90. The Morgan fingerprint density at radius 1 is 1.39 bits per heavy atom. The number of aliphatic hydroxyl groups is 1. The summed E-state index contributed by atoms with van der Waals surface area (Å²) >= 11 is 0. The van der Waals surface area contributed by atoms with Crippen molar-refractivity contribution in [3.8, 4) is 11.5 Å². The van der Waals surface area contributed by atoms with E-state index in [2.05, 4.69) is 15.5 Å². The number of rotatable bonds is 6. The van der Waals surface area contributed by atoms with Crippen LogP contribution in [0.25, 0.3) is 11.5 Å². The lowest BCUT2D eigenvalue weighted by atomic mass is 9.87. The molecule has 1 aromatic carbocycles. The maximum atomic E-state index is 12.5. The normalized spacial score (nSPS) is 12.9. The molecule has 1 unspecified atom stereocenters. The van der Waals surface area contributed by atoms with E-state index in [4.69, 9.17) is 4.52 Å². The number of hydrogen-bond donors (Lipinski definition) is 2. The zero-order valence-corrected chi connectivity index (χ0v) is 14.0. The van der Waals surface area contributed by atoms with Gasteiger partial charge in [-0.15, -0.1) is 0 Å². The lowest BCUT2D eigenvalue weighted by Crippen LogP contribution is -2.35. The molecule has 0 spiro atoms. The maximum absolute atomic E-state index is 12.5. The molecule has 1 aromatic heterocycles. The lowest BCUT2D eigenvalue weighted by molar-refractivity contribution is 0.0902. The third-order valence-corrected chi connectivity index (χ3v) is 3.51. The van der Waals surface area contributed by atoms with Gasteiger partial charge in [0.15, 0.2) is 5.82 Å². The van der Waals surface area contributed by atoms with Gasteiger partial charge in [0.25, 0.3) is 11.8 Å². The number of benzene rings is 1. The first-order valence-corrected chi connectivity index (χ1v) is 7.64. The van der Waals surface area contributed by atoms with Crippen LogP contribution in [-0.4, -0.2) is 33.8 Å². The second kappa shape index (κ2) is 6.91. The molecule has 0 saturated carbocycles. The van der Waals surface area contributed by atoms with Crippen LogP contribution in [0.2, 0.25) is 0 Å². The summed E-state index contributed by atoms with van der Waals surface area (Å²) in [5, 5.41) is 16.2. The van der Waals surface area contributed by atoms with E-state index in [0.29, 0.717) is 35.8 Å². The molecule has 2 N–H and O–H groups in total. The average molecular weight is 317 g/mol. The Labute approximate surface area is 135 Å². The van der Waals surface area contributed by atoms with Gasteiger partial charge in [-0.3, -0.25) is 4.79 Å². The molecule has 6 nitrogen and oxygen atoms in total. The number of nitrogens with one attached hydrogen (secondary N) is 1. The molecule has 0 aliphatic heterocycles. The molecular formula is C17H23N3O3. The summed E-state index contributed by atoms with van der Waals surface area (Å²) < 4.78 is 5.17. The fourth-order valence-electron chi connectivity index (χ4n) is 2.56. The van der Waals surface area contributed by atoms with Crippen LogP contribution in [0.15, 0.2) is 28.8 Å². The third-order valence-electron chi connectivity index (χ3n) is 3.51. The van der Waals surface area contributed by atoms with Crippen LogP contribution < -0.4 is 5.32 Å². The van der Waals surface area contributed by atoms with Crippen LogP contribution in [0.4, 0.5) is 0 Å². The third kappa shape index (κ3) is 4.63. The molecule has 1 heterocycles. The molecule has 1 amide bonds. The van der Waals surface area contributed by atoms with E-state index < -0.39 is 6.10 Å². The molecule has 0 bridgehead atoms. The second-order valence-electron chi connectivity index (χ2n) is 6.59. The first-order valence-electron chi connectivity index (χ1n) is 7.64. The molecule has 1 atom stereocenters. The molecule has 0 radical (unpaired) electrons. The van der Waals surface area contributed by atoms with E-state index in [9.17, 15) is 9.90 Å². The van der Waals surface area contributed by atoms with Crippen molar-refractivity contribution in [3.63, 3.8) is 0 Å². The first kappa shape index (κ1) is 17.1. The molecule has 2 rings (SSSR count). The van der Waals surface area contributed by atoms with Crippen molar-refractivity contribution < 1.29 is 14.4 Å². The first-order chi connectivity index (χ1) is 10.8. The van der Waals surface area contributed by atoms with Crippen LogP contribution >= 0.6 is 0 Å². The second-order valence-corrected chi connectivity index (χ2v) is 6.59. The van der Waals surface area contributed by atoms with Crippen molar-refractivity contribution >= 4 is 5.91 Å². The molecule has 23 heavy (non-hydrogen) atoms. The Balaban J connectivity index is 2.14. The summed E-state index contributed by atoms with van der Waals surface area (Å²) in [7, 11) is 0. The Kier molecular flexibility index (Phi) is 5.15.